The maximum atomic E-state index is 12.6. The van der Waals surface area contributed by atoms with E-state index < -0.39 is 0 Å². The van der Waals surface area contributed by atoms with Gasteiger partial charge in [-0.3, -0.25) is 4.79 Å². The molecule has 2 aliphatic rings. The molecule has 0 saturated heterocycles. The minimum atomic E-state index is 0.0226. The van der Waals surface area contributed by atoms with Crippen molar-refractivity contribution in [1.82, 2.24) is 20.1 Å². The van der Waals surface area contributed by atoms with Gasteiger partial charge in [-0.1, -0.05) is 31.4 Å². The van der Waals surface area contributed by atoms with Crippen molar-refractivity contribution < 1.29 is 4.79 Å². The summed E-state index contributed by atoms with van der Waals surface area (Å²) in [5, 5.41) is 11.5. The first kappa shape index (κ1) is 16.3. The summed E-state index contributed by atoms with van der Waals surface area (Å²) in [6, 6.07) is 8.41. The van der Waals surface area contributed by atoms with Gasteiger partial charge in [-0.15, -0.1) is 10.2 Å². The molecule has 5 nitrogen and oxygen atoms in total. The third kappa shape index (κ3) is 3.46. The lowest BCUT2D eigenvalue weighted by Gasteiger charge is -2.25. The molecule has 1 N–H and O–H groups in total. The van der Waals surface area contributed by atoms with Crippen LogP contribution in [-0.4, -0.2) is 26.7 Å². The van der Waals surface area contributed by atoms with Crippen molar-refractivity contribution >= 4 is 5.91 Å². The van der Waals surface area contributed by atoms with Crippen molar-refractivity contribution in [2.45, 2.75) is 70.4 Å². The number of hydrogen-bond donors (Lipinski definition) is 1. The van der Waals surface area contributed by atoms with Gasteiger partial charge in [-0.05, 0) is 49.8 Å². The zero-order chi connectivity index (χ0) is 17.2. The lowest BCUT2D eigenvalue weighted by molar-refractivity contribution is 0.0927. The predicted octanol–water partition coefficient (Wildman–Crippen LogP) is 3.38. The van der Waals surface area contributed by atoms with E-state index in [9.17, 15) is 4.79 Å². The van der Waals surface area contributed by atoms with Crippen molar-refractivity contribution in [2.75, 3.05) is 0 Å². The van der Waals surface area contributed by atoms with Crippen LogP contribution in [0.4, 0.5) is 0 Å². The van der Waals surface area contributed by atoms with Crippen LogP contribution in [0, 0.1) is 6.92 Å². The number of amides is 1. The highest BCUT2D eigenvalue weighted by atomic mass is 16.1. The van der Waals surface area contributed by atoms with Gasteiger partial charge in [-0.2, -0.15) is 0 Å². The third-order valence-corrected chi connectivity index (χ3v) is 5.72. The van der Waals surface area contributed by atoms with Gasteiger partial charge in [0.2, 0.25) is 0 Å². The van der Waals surface area contributed by atoms with Gasteiger partial charge in [0.1, 0.15) is 11.6 Å². The summed E-state index contributed by atoms with van der Waals surface area (Å²) in [6.45, 7) is 2.73. The van der Waals surface area contributed by atoms with Gasteiger partial charge in [-0.25, -0.2) is 0 Å². The first-order valence-electron chi connectivity index (χ1n) is 9.50. The second-order valence-corrected chi connectivity index (χ2v) is 7.44. The SMILES string of the molecule is Cc1nnc2n1C[C@H](NC(=O)c1ccc(C3CCCCC3)cc1)CC2. The first-order valence-corrected chi connectivity index (χ1v) is 9.50. The molecule has 5 heteroatoms. The Hall–Kier alpha value is -2.17. The molecule has 0 bridgehead atoms. The van der Waals surface area contributed by atoms with E-state index in [1.807, 2.05) is 19.1 Å². The number of rotatable bonds is 3. The fourth-order valence-electron chi connectivity index (χ4n) is 4.19. The molecule has 0 spiro atoms. The Labute approximate surface area is 148 Å². The maximum Gasteiger partial charge on any atom is 0.251 e. The Morgan fingerprint density at radius 2 is 1.84 bits per heavy atom. The summed E-state index contributed by atoms with van der Waals surface area (Å²) in [6.07, 6.45) is 8.39. The smallest absolute Gasteiger partial charge is 0.251 e. The van der Waals surface area contributed by atoms with Crippen LogP contribution >= 0.6 is 0 Å². The lowest BCUT2D eigenvalue weighted by atomic mass is 9.84. The molecule has 4 rings (SSSR count). The van der Waals surface area contributed by atoms with E-state index in [-0.39, 0.29) is 11.9 Å². The molecular weight excluding hydrogens is 312 g/mol. The molecule has 25 heavy (non-hydrogen) atoms. The van der Waals surface area contributed by atoms with Crippen LogP contribution in [0.3, 0.4) is 0 Å². The number of aryl methyl sites for hydroxylation is 2. The normalized spacial score (nSPS) is 20.9. The minimum Gasteiger partial charge on any atom is -0.347 e. The standard InChI is InChI=1S/C20H26N4O/c1-14-22-23-19-12-11-18(13-24(14)19)21-20(25)17-9-7-16(8-10-17)15-5-3-2-4-6-15/h7-10,15,18H,2-6,11-13H2,1H3,(H,21,25)/t18-/m1/s1. The van der Waals surface area contributed by atoms with E-state index in [2.05, 4.69) is 32.2 Å². The molecule has 0 radical (unpaired) electrons. The van der Waals surface area contributed by atoms with Crippen molar-refractivity contribution in [2.24, 2.45) is 0 Å². The van der Waals surface area contributed by atoms with Crippen LogP contribution in [0.1, 0.15) is 72.0 Å². The first-order chi connectivity index (χ1) is 12.2. The number of aromatic nitrogens is 3. The predicted molar refractivity (Wildman–Crippen MR) is 96.6 cm³/mol. The van der Waals surface area contributed by atoms with Gasteiger partial charge < -0.3 is 9.88 Å². The van der Waals surface area contributed by atoms with E-state index >= 15 is 0 Å². The molecule has 1 fully saturated rings. The molecule has 1 aromatic carbocycles. The molecule has 1 saturated carbocycles. The number of nitrogens with one attached hydrogen (secondary N) is 1. The highest BCUT2D eigenvalue weighted by Crippen LogP contribution is 2.32. The zero-order valence-electron chi connectivity index (χ0n) is 14.9. The van der Waals surface area contributed by atoms with Crippen molar-refractivity contribution in [3.05, 3.63) is 47.0 Å². The van der Waals surface area contributed by atoms with E-state index in [0.717, 1.165) is 36.6 Å². The quantitative estimate of drug-likeness (QED) is 0.933. The van der Waals surface area contributed by atoms with Crippen molar-refractivity contribution in [3.63, 3.8) is 0 Å². The molecule has 1 amide bonds. The lowest BCUT2D eigenvalue weighted by Crippen LogP contribution is -2.41. The second-order valence-electron chi connectivity index (χ2n) is 7.44. The van der Waals surface area contributed by atoms with Crippen LogP contribution in [0.15, 0.2) is 24.3 Å². The molecule has 2 aromatic rings. The topological polar surface area (TPSA) is 59.8 Å². The molecule has 1 aliphatic heterocycles. The molecular formula is C20H26N4O. The summed E-state index contributed by atoms with van der Waals surface area (Å²) in [7, 11) is 0. The van der Waals surface area contributed by atoms with Gasteiger partial charge in [0.25, 0.3) is 5.91 Å². The monoisotopic (exact) mass is 338 g/mol. The molecule has 2 heterocycles. The van der Waals surface area contributed by atoms with Crippen molar-refractivity contribution in [3.8, 4) is 0 Å². The van der Waals surface area contributed by atoms with Crippen molar-refractivity contribution in [1.29, 1.82) is 0 Å². The summed E-state index contributed by atoms with van der Waals surface area (Å²) >= 11 is 0. The van der Waals surface area contributed by atoms with Gasteiger partial charge in [0, 0.05) is 24.6 Å². The maximum absolute atomic E-state index is 12.6. The molecule has 1 atom stereocenters. The minimum absolute atomic E-state index is 0.0226. The number of benzene rings is 1. The third-order valence-electron chi connectivity index (χ3n) is 5.72. The summed E-state index contributed by atoms with van der Waals surface area (Å²) in [4.78, 5) is 12.6. The highest BCUT2D eigenvalue weighted by Gasteiger charge is 2.23. The average Bonchev–Trinajstić information content (AvgIpc) is 3.03. The average molecular weight is 338 g/mol. The zero-order valence-corrected chi connectivity index (χ0v) is 14.9. The fourth-order valence-corrected chi connectivity index (χ4v) is 4.19. The Morgan fingerprint density at radius 1 is 1.08 bits per heavy atom. The van der Waals surface area contributed by atoms with E-state index in [1.54, 1.807) is 0 Å². The second kappa shape index (κ2) is 6.98. The van der Waals surface area contributed by atoms with Gasteiger partial charge >= 0.3 is 0 Å². The highest BCUT2D eigenvalue weighted by molar-refractivity contribution is 5.94. The Balaban J connectivity index is 1.39. The van der Waals surface area contributed by atoms with Crippen LogP contribution in [0.2, 0.25) is 0 Å². The number of hydrogen-bond acceptors (Lipinski definition) is 3. The number of carbonyl (C=O) groups excluding carboxylic acids is 1. The molecule has 132 valence electrons. The van der Waals surface area contributed by atoms with Crippen LogP contribution in [-0.2, 0) is 13.0 Å². The van der Waals surface area contributed by atoms with Crippen LogP contribution in [0.5, 0.6) is 0 Å². The summed E-state index contributed by atoms with van der Waals surface area (Å²) < 4.78 is 2.11. The fraction of sp³-hybridized carbons (Fsp3) is 0.550. The van der Waals surface area contributed by atoms with E-state index in [0.29, 0.717) is 5.92 Å². The van der Waals surface area contributed by atoms with Gasteiger partial charge in [0.15, 0.2) is 0 Å². The Kier molecular flexibility index (Phi) is 4.55. The molecule has 0 unspecified atom stereocenters. The van der Waals surface area contributed by atoms with Crippen LogP contribution < -0.4 is 5.32 Å². The molecule has 1 aromatic heterocycles. The van der Waals surface area contributed by atoms with E-state index in [1.165, 1.54) is 37.7 Å². The number of nitrogens with zero attached hydrogens (tertiary/aromatic N) is 3. The molecule has 1 aliphatic carbocycles. The Bertz CT molecular complexity index is 744. The summed E-state index contributed by atoms with van der Waals surface area (Å²) in [5.74, 6) is 2.65. The van der Waals surface area contributed by atoms with Gasteiger partial charge in [0.05, 0.1) is 0 Å². The Morgan fingerprint density at radius 3 is 2.60 bits per heavy atom. The largest absolute Gasteiger partial charge is 0.347 e. The number of carbonyl (C=O) groups is 1. The van der Waals surface area contributed by atoms with E-state index in [4.69, 9.17) is 0 Å². The summed E-state index contributed by atoms with van der Waals surface area (Å²) in [5.41, 5.74) is 2.14. The number of fused-ring (bicyclic) bond motifs is 1. The van der Waals surface area contributed by atoms with Crippen LogP contribution in [0.25, 0.3) is 0 Å².